The molecular weight excluding hydrogens is 565 g/mol. The Morgan fingerprint density at radius 3 is 2.74 bits per heavy atom. The Balaban J connectivity index is 1.33. The number of aliphatic hydroxyl groups is 1. The maximum absolute atomic E-state index is 14.0. The van der Waals surface area contributed by atoms with Crippen molar-refractivity contribution in [2.45, 2.75) is 32.5 Å². The lowest BCUT2D eigenvalue weighted by Crippen LogP contribution is -2.46. The highest BCUT2D eigenvalue weighted by Crippen LogP contribution is 2.33. The number of fused-ring (bicyclic) bond motifs is 1. The van der Waals surface area contributed by atoms with Crippen molar-refractivity contribution in [3.8, 4) is 17.0 Å². The number of hydrogen-bond donors (Lipinski definition) is 3. The Bertz CT molecular complexity index is 1670. The third-order valence-corrected chi connectivity index (χ3v) is 7.16. The quantitative estimate of drug-likeness (QED) is 0.263. The number of aliphatic hydroxyl groups excluding tert-OH is 1. The van der Waals surface area contributed by atoms with Gasteiger partial charge in [-0.1, -0.05) is 23.7 Å². The summed E-state index contributed by atoms with van der Waals surface area (Å²) >= 11 is 6.43. The van der Waals surface area contributed by atoms with Crippen LogP contribution in [0.2, 0.25) is 5.02 Å². The molecule has 3 N–H and O–H groups in total. The second-order valence-electron chi connectivity index (χ2n) is 9.71. The van der Waals surface area contributed by atoms with Crippen molar-refractivity contribution in [1.82, 2.24) is 30.2 Å². The molecule has 2 aromatic heterocycles. The van der Waals surface area contributed by atoms with Gasteiger partial charge in [0.1, 0.15) is 29.8 Å². The van der Waals surface area contributed by atoms with E-state index in [2.05, 4.69) is 30.6 Å². The summed E-state index contributed by atoms with van der Waals surface area (Å²) in [6, 6.07) is 9.18. The summed E-state index contributed by atoms with van der Waals surface area (Å²) < 4.78 is 19.1. The molecule has 4 aromatic rings. The number of carbonyl (C=O) groups excluding carboxylic acids is 2. The van der Waals surface area contributed by atoms with E-state index < -0.39 is 30.4 Å². The SMILES string of the molecule is COc1cc(F)cc(C(CO)NC(=O)C(C)N2Cc3ccc(-c4nc(Nc5cc(C)ncn5)ncc4Cl)cc3C2=O)c1. The smallest absolute Gasteiger partial charge is 0.255 e. The number of carbonyl (C=O) groups is 2. The lowest BCUT2D eigenvalue weighted by molar-refractivity contribution is -0.126. The molecule has 13 heteroatoms. The molecule has 0 bridgehead atoms. The molecule has 2 amide bonds. The first kappa shape index (κ1) is 28.8. The minimum atomic E-state index is -0.898. The van der Waals surface area contributed by atoms with Crippen LogP contribution in [0.15, 0.2) is 55.0 Å². The third kappa shape index (κ3) is 5.99. The van der Waals surface area contributed by atoms with E-state index in [0.29, 0.717) is 33.2 Å². The number of rotatable bonds is 9. The van der Waals surface area contributed by atoms with Gasteiger partial charge in [-0.3, -0.25) is 9.59 Å². The van der Waals surface area contributed by atoms with Crippen LogP contribution in [-0.2, 0) is 11.3 Å². The molecule has 216 valence electrons. The molecule has 0 aliphatic carbocycles. The van der Waals surface area contributed by atoms with Crippen LogP contribution in [0.1, 0.15) is 40.1 Å². The lowest BCUT2D eigenvalue weighted by Gasteiger charge is -2.26. The molecule has 0 fully saturated rings. The van der Waals surface area contributed by atoms with Crippen LogP contribution in [0.4, 0.5) is 16.2 Å². The van der Waals surface area contributed by atoms with Crippen LogP contribution < -0.4 is 15.4 Å². The Kier molecular flexibility index (Phi) is 8.27. The largest absolute Gasteiger partial charge is 0.497 e. The molecule has 3 heterocycles. The number of ether oxygens (including phenoxy) is 1. The minimum absolute atomic E-state index is 0.206. The van der Waals surface area contributed by atoms with Crippen LogP contribution in [-0.4, -0.2) is 61.5 Å². The molecule has 0 spiro atoms. The van der Waals surface area contributed by atoms with Gasteiger partial charge in [0.15, 0.2) is 0 Å². The van der Waals surface area contributed by atoms with Crippen molar-refractivity contribution in [3.05, 3.63) is 88.2 Å². The zero-order valence-corrected chi connectivity index (χ0v) is 23.7. The first-order chi connectivity index (χ1) is 20.2. The van der Waals surface area contributed by atoms with Gasteiger partial charge in [0.25, 0.3) is 5.91 Å². The predicted octanol–water partition coefficient (Wildman–Crippen LogP) is 3.98. The maximum atomic E-state index is 14.0. The second kappa shape index (κ2) is 12.0. The first-order valence-electron chi connectivity index (χ1n) is 12.9. The van der Waals surface area contributed by atoms with Gasteiger partial charge in [0, 0.05) is 35.5 Å². The fourth-order valence-electron chi connectivity index (χ4n) is 4.62. The monoisotopic (exact) mass is 591 g/mol. The van der Waals surface area contributed by atoms with E-state index in [-0.39, 0.29) is 24.1 Å². The van der Waals surface area contributed by atoms with Crippen LogP contribution in [0.3, 0.4) is 0 Å². The van der Waals surface area contributed by atoms with Crippen molar-refractivity contribution < 1.29 is 23.8 Å². The highest BCUT2D eigenvalue weighted by atomic mass is 35.5. The first-order valence-corrected chi connectivity index (χ1v) is 13.3. The molecule has 0 saturated heterocycles. The van der Waals surface area contributed by atoms with E-state index in [1.54, 1.807) is 31.2 Å². The van der Waals surface area contributed by atoms with Gasteiger partial charge in [-0.25, -0.2) is 24.3 Å². The fourth-order valence-corrected chi connectivity index (χ4v) is 4.82. The normalized spacial score (nSPS) is 13.9. The Morgan fingerprint density at radius 1 is 1.19 bits per heavy atom. The van der Waals surface area contributed by atoms with Gasteiger partial charge in [-0.05, 0) is 43.2 Å². The summed E-state index contributed by atoms with van der Waals surface area (Å²) in [6.45, 7) is 3.16. The lowest BCUT2D eigenvalue weighted by atomic mass is 10.0. The molecule has 2 aromatic carbocycles. The summed E-state index contributed by atoms with van der Waals surface area (Å²) in [5.74, 6) is -0.386. The van der Waals surface area contributed by atoms with E-state index in [1.807, 2.05) is 6.92 Å². The second-order valence-corrected chi connectivity index (χ2v) is 10.1. The predicted molar refractivity (Wildman–Crippen MR) is 153 cm³/mol. The number of methoxy groups -OCH3 is 1. The Morgan fingerprint density at radius 2 is 2.00 bits per heavy atom. The number of halogens is 2. The number of aromatic nitrogens is 4. The average Bonchev–Trinajstić information content (AvgIpc) is 3.31. The molecule has 1 aliphatic rings. The van der Waals surface area contributed by atoms with E-state index in [0.717, 1.165) is 11.3 Å². The Labute approximate surface area is 245 Å². The molecule has 2 atom stereocenters. The van der Waals surface area contributed by atoms with E-state index in [4.69, 9.17) is 16.3 Å². The summed E-state index contributed by atoms with van der Waals surface area (Å²) in [7, 11) is 1.39. The number of anilines is 2. The zero-order valence-electron chi connectivity index (χ0n) is 22.9. The van der Waals surface area contributed by atoms with Crippen molar-refractivity contribution in [3.63, 3.8) is 0 Å². The third-order valence-electron chi connectivity index (χ3n) is 6.88. The molecule has 2 unspecified atom stereocenters. The number of hydrogen-bond acceptors (Lipinski definition) is 9. The number of aryl methyl sites for hydroxylation is 1. The maximum Gasteiger partial charge on any atom is 0.255 e. The van der Waals surface area contributed by atoms with E-state index in [1.165, 1.54) is 42.7 Å². The molecule has 5 rings (SSSR count). The van der Waals surface area contributed by atoms with Gasteiger partial charge in [0.2, 0.25) is 11.9 Å². The van der Waals surface area contributed by atoms with Crippen LogP contribution in [0.25, 0.3) is 11.3 Å². The fraction of sp³-hybridized carbons (Fsp3) is 0.241. The summed E-state index contributed by atoms with van der Waals surface area (Å²) in [4.78, 5) is 45.0. The Hall–Kier alpha value is -4.68. The van der Waals surface area contributed by atoms with Crippen LogP contribution >= 0.6 is 11.6 Å². The molecule has 11 nitrogen and oxygen atoms in total. The van der Waals surface area contributed by atoms with Gasteiger partial charge < -0.3 is 25.4 Å². The van der Waals surface area contributed by atoms with Crippen molar-refractivity contribution >= 4 is 35.2 Å². The van der Waals surface area contributed by atoms with Gasteiger partial charge in [0.05, 0.1) is 36.7 Å². The number of amides is 2. The summed E-state index contributed by atoms with van der Waals surface area (Å²) in [6.07, 6.45) is 2.88. The van der Waals surface area contributed by atoms with Crippen LogP contribution in [0, 0.1) is 12.7 Å². The molecule has 1 aliphatic heterocycles. The highest BCUT2D eigenvalue weighted by molar-refractivity contribution is 6.33. The molecule has 0 radical (unpaired) electrons. The number of nitrogens with one attached hydrogen (secondary N) is 2. The highest BCUT2D eigenvalue weighted by Gasteiger charge is 2.35. The van der Waals surface area contributed by atoms with Crippen LogP contribution in [0.5, 0.6) is 5.75 Å². The van der Waals surface area contributed by atoms with Crippen molar-refractivity contribution in [2.75, 3.05) is 19.0 Å². The number of nitrogens with zero attached hydrogens (tertiary/aromatic N) is 5. The summed E-state index contributed by atoms with van der Waals surface area (Å²) in [5, 5.41) is 15.9. The van der Waals surface area contributed by atoms with Gasteiger partial charge in [-0.15, -0.1) is 0 Å². The zero-order chi connectivity index (χ0) is 30.0. The van der Waals surface area contributed by atoms with Crippen molar-refractivity contribution in [2.24, 2.45) is 0 Å². The standard InChI is InChI=1S/C29H27ClFN7O4/c1-15-6-25(34-14-33-15)36-29-32-11-23(30)26(37-29)17-4-5-18-12-38(28(41)22(18)9-17)16(2)27(40)35-24(13-39)19-7-20(31)10-21(8-19)42-3/h4-11,14,16,24,39H,12-13H2,1-3H3,(H,35,40)(H,32,33,34,36,37). The van der Waals surface area contributed by atoms with E-state index in [9.17, 15) is 19.1 Å². The van der Waals surface area contributed by atoms with Gasteiger partial charge >= 0.3 is 0 Å². The molecule has 0 saturated carbocycles. The van der Waals surface area contributed by atoms with Gasteiger partial charge in [-0.2, -0.15) is 0 Å². The average molecular weight is 592 g/mol. The molecule has 42 heavy (non-hydrogen) atoms. The molecular formula is C29H27ClFN7O4. The van der Waals surface area contributed by atoms with E-state index >= 15 is 0 Å². The van der Waals surface area contributed by atoms with Crippen molar-refractivity contribution in [1.29, 1.82) is 0 Å². The minimum Gasteiger partial charge on any atom is -0.497 e. The number of benzene rings is 2. The topological polar surface area (TPSA) is 142 Å². The summed E-state index contributed by atoms with van der Waals surface area (Å²) in [5.41, 5.74) is 3.26.